The maximum atomic E-state index is 9.83. The summed E-state index contributed by atoms with van der Waals surface area (Å²) in [7, 11) is 1.54. The lowest BCUT2D eigenvalue weighted by Crippen LogP contribution is -2.20. The third-order valence-corrected chi connectivity index (χ3v) is 0.593. The number of carbonyl (C=O) groups is 1. The monoisotopic (exact) mass is 113 g/mol. The number of aliphatic carboxylic acids is 1. The SMILES string of the molecule is C#CN(C)CC(=O)O. The Morgan fingerprint density at radius 2 is 2.50 bits per heavy atom. The van der Waals surface area contributed by atoms with Crippen LogP contribution in [0.3, 0.4) is 0 Å². The zero-order valence-electron chi connectivity index (χ0n) is 4.59. The minimum Gasteiger partial charge on any atom is -0.480 e. The van der Waals surface area contributed by atoms with Crippen LogP contribution in [0.15, 0.2) is 0 Å². The van der Waals surface area contributed by atoms with Gasteiger partial charge in [-0.25, -0.2) is 0 Å². The van der Waals surface area contributed by atoms with E-state index in [1.54, 1.807) is 0 Å². The minimum absolute atomic E-state index is 0.101. The number of hydrogen-bond donors (Lipinski definition) is 1. The number of rotatable bonds is 2. The van der Waals surface area contributed by atoms with Crippen LogP contribution >= 0.6 is 0 Å². The molecule has 0 aromatic heterocycles. The molecule has 0 rings (SSSR count). The fourth-order valence-electron chi connectivity index (χ4n) is 0.249. The summed E-state index contributed by atoms with van der Waals surface area (Å²) >= 11 is 0. The van der Waals surface area contributed by atoms with E-state index in [2.05, 4.69) is 6.04 Å². The van der Waals surface area contributed by atoms with Crippen LogP contribution in [0.5, 0.6) is 0 Å². The van der Waals surface area contributed by atoms with Crippen molar-refractivity contribution in [1.82, 2.24) is 4.90 Å². The Balaban J connectivity index is 3.43. The number of carboxylic acids is 1. The maximum Gasteiger partial charge on any atom is 0.323 e. The molecule has 0 radical (unpaired) electrons. The molecule has 0 aliphatic heterocycles. The van der Waals surface area contributed by atoms with Gasteiger partial charge in [0.1, 0.15) is 6.54 Å². The van der Waals surface area contributed by atoms with Gasteiger partial charge in [0.2, 0.25) is 0 Å². The lowest BCUT2D eigenvalue weighted by atomic mass is 10.6. The Bertz CT molecular complexity index is 125. The second-order valence-corrected chi connectivity index (χ2v) is 1.38. The molecule has 0 amide bonds. The number of carboxylic acid groups (broad SMARTS) is 1. The Morgan fingerprint density at radius 3 is 2.62 bits per heavy atom. The molecular formula is C5H7NO2. The molecule has 1 N–H and O–H groups in total. The van der Waals surface area contributed by atoms with Gasteiger partial charge in [-0.15, -0.1) is 0 Å². The Hall–Kier alpha value is -1.17. The largest absolute Gasteiger partial charge is 0.480 e. The molecule has 0 aromatic rings. The molecular weight excluding hydrogens is 106 g/mol. The molecule has 0 unspecified atom stereocenters. The number of terminal acetylenes is 1. The molecule has 0 fully saturated rings. The summed E-state index contributed by atoms with van der Waals surface area (Å²) in [5.41, 5.74) is 0. The van der Waals surface area contributed by atoms with E-state index in [9.17, 15) is 4.79 Å². The van der Waals surface area contributed by atoms with Gasteiger partial charge in [0.15, 0.2) is 0 Å². The Morgan fingerprint density at radius 1 is 2.00 bits per heavy atom. The lowest BCUT2D eigenvalue weighted by molar-refractivity contribution is -0.137. The van der Waals surface area contributed by atoms with Crippen LogP contribution in [0.25, 0.3) is 0 Å². The summed E-state index contributed by atoms with van der Waals surface area (Å²) in [5, 5.41) is 8.08. The van der Waals surface area contributed by atoms with Crippen LogP contribution < -0.4 is 0 Å². The smallest absolute Gasteiger partial charge is 0.323 e. The van der Waals surface area contributed by atoms with Gasteiger partial charge in [0.05, 0.1) is 0 Å². The Labute approximate surface area is 47.9 Å². The molecule has 3 heteroatoms. The van der Waals surface area contributed by atoms with Gasteiger partial charge in [-0.05, 0) is 0 Å². The molecule has 0 spiro atoms. The zero-order valence-corrected chi connectivity index (χ0v) is 4.59. The molecule has 0 saturated heterocycles. The fraction of sp³-hybridized carbons (Fsp3) is 0.400. The highest BCUT2D eigenvalue weighted by Gasteiger charge is 1.96. The van der Waals surface area contributed by atoms with E-state index >= 15 is 0 Å². The molecule has 0 aliphatic carbocycles. The summed E-state index contributed by atoms with van der Waals surface area (Å²) in [5.74, 6) is -0.912. The van der Waals surface area contributed by atoms with Crippen LogP contribution in [0, 0.1) is 12.5 Å². The van der Waals surface area contributed by atoms with Crippen molar-refractivity contribution in [3.05, 3.63) is 0 Å². The van der Waals surface area contributed by atoms with Crippen molar-refractivity contribution in [1.29, 1.82) is 0 Å². The van der Waals surface area contributed by atoms with Crippen molar-refractivity contribution in [2.24, 2.45) is 0 Å². The first-order valence-electron chi connectivity index (χ1n) is 2.06. The molecule has 44 valence electrons. The van der Waals surface area contributed by atoms with Crippen molar-refractivity contribution in [3.63, 3.8) is 0 Å². The fourth-order valence-corrected chi connectivity index (χ4v) is 0.249. The molecule has 0 aromatic carbocycles. The van der Waals surface area contributed by atoms with Crippen LogP contribution in [0.2, 0.25) is 0 Å². The number of hydrogen-bond acceptors (Lipinski definition) is 2. The molecule has 3 nitrogen and oxygen atoms in total. The van der Waals surface area contributed by atoms with Gasteiger partial charge >= 0.3 is 5.97 Å². The average Bonchev–Trinajstić information content (AvgIpc) is 1.65. The van der Waals surface area contributed by atoms with E-state index in [0.717, 1.165) is 0 Å². The van der Waals surface area contributed by atoms with Crippen molar-refractivity contribution >= 4 is 5.97 Å². The second kappa shape index (κ2) is 2.92. The van der Waals surface area contributed by atoms with Gasteiger partial charge in [-0.2, -0.15) is 0 Å². The van der Waals surface area contributed by atoms with Crippen LogP contribution in [0.4, 0.5) is 0 Å². The normalized spacial score (nSPS) is 7.50. The predicted molar refractivity (Wildman–Crippen MR) is 29.1 cm³/mol. The highest BCUT2D eigenvalue weighted by atomic mass is 16.4. The van der Waals surface area contributed by atoms with Crippen LogP contribution in [0.1, 0.15) is 0 Å². The molecule has 8 heavy (non-hydrogen) atoms. The van der Waals surface area contributed by atoms with Crippen molar-refractivity contribution in [2.75, 3.05) is 13.6 Å². The summed E-state index contributed by atoms with van der Waals surface area (Å²) in [6, 6.07) is 2.15. The van der Waals surface area contributed by atoms with E-state index in [4.69, 9.17) is 11.5 Å². The van der Waals surface area contributed by atoms with E-state index in [1.165, 1.54) is 11.9 Å². The first-order chi connectivity index (χ1) is 3.66. The predicted octanol–water partition coefficient (Wildman–Crippen LogP) is -0.406. The maximum absolute atomic E-state index is 9.83. The third-order valence-electron chi connectivity index (χ3n) is 0.593. The lowest BCUT2D eigenvalue weighted by Gasteiger charge is -2.03. The third kappa shape index (κ3) is 3.04. The van der Waals surface area contributed by atoms with E-state index in [0.29, 0.717) is 0 Å². The number of likely N-dealkylation sites (N-methyl/N-ethyl adjacent to an activating group) is 1. The van der Waals surface area contributed by atoms with E-state index < -0.39 is 5.97 Å². The van der Waals surface area contributed by atoms with E-state index in [-0.39, 0.29) is 6.54 Å². The van der Waals surface area contributed by atoms with Crippen LogP contribution in [-0.2, 0) is 4.79 Å². The van der Waals surface area contributed by atoms with Crippen LogP contribution in [-0.4, -0.2) is 29.6 Å². The highest BCUT2D eigenvalue weighted by molar-refractivity contribution is 5.69. The first-order valence-corrected chi connectivity index (χ1v) is 2.06. The molecule has 0 aliphatic rings. The molecule has 0 saturated carbocycles. The molecule has 0 atom stereocenters. The zero-order chi connectivity index (χ0) is 6.57. The summed E-state index contributed by atoms with van der Waals surface area (Å²) in [6.45, 7) is -0.101. The topological polar surface area (TPSA) is 40.5 Å². The quantitative estimate of drug-likeness (QED) is 0.391. The summed E-state index contributed by atoms with van der Waals surface area (Å²) in [6.07, 6.45) is 4.83. The van der Waals surface area contributed by atoms with Gasteiger partial charge in [-0.3, -0.25) is 4.79 Å². The van der Waals surface area contributed by atoms with Crippen molar-refractivity contribution in [2.45, 2.75) is 0 Å². The standard InChI is InChI=1S/C5H7NO2/c1-3-6(2)4-5(7)8/h1H,4H2,2H3,(H,7,8). The first kappa shape index (κ1) is 6.83. The van der Waals surface area contributed by atoms with Gasteiger partial charge in [0.25, 0.3) is 0 Å². The van der Waals surface area contributed by atoms with Crippen molar-refractivity contribution in [3.8, 4) is 12.5 Å². The second-order valence-electron chi connectivity index (χ2n) is 1.38. The van der Waals surface area contributed by atoms with E-state index in [1.807, 2.05) is 0 Å². The molecule has 0 heterocycles. The average molecular weight is 113 g/mol. The van der Waals surface area contributed by atoms with Gasteiger partial charge < -0.3 is 10.0 Å². The molecule has 0 bridgehead atoms. The Kier molecular flexibility index (Phi) is 2.49. The minimum atomic E-state index is -0.912. The van der Waals surface area contributed by atoms with Crippen molar-refractivity contribution < 1.29 is 9.90 Å². The number of nitrogens with zero attached hydrogens (tertiary/aromatic N) is 1. The van der Waals surface area contributed by atoms with Gasteiger partial charge in [0, 0.05) is 13.1 Å². The summed E-state index contributed by atoms with van der Waals surface area (Å²) < 4.78 is 0. The highest BCUT2D eigenvalue weighted by Crippen LogP contribution is 1.73. The summed E-state index contributed by atoms with van der Waals surface area (Å²) in [4.78, 5) is 11.1. The van der Waals surface area contributed by atoms with Gasteiger partial charge in [-0.1, -0.05) is 6.42 Å².